The van der Waals surface area contributed by atoms with Crippen molar-refractivity contribution in [1.29, 1.82) is 0 Å². The van der Waals surface area contributed by atoms with E-state index in [0.717, 1.165) is 16.5 Å². The number of hydrogen-bond acceptors (Lipinski definition) is 5. The lowest BCUT2D eigenvalue weighted by Gasteiger charge is -2.14. The normalized spacial score (nSPS) is 10.9. The van der Waals surface area contributed by atoms with Gasteiger partial charge in [-0.2, -0.15) is 0 Å². The van der Waals surface area contributed by atoms with Gasteiger partial charge in [-0.3, -0.25) is 4.79 Å². The van der Waals surface area contributed by atoms with Crippen LogP contribution in [0, 0.1) is 0 Å². The quantitative estimate of drug-likeness (QED) is 0.691. The average Bonchev–Trinajstić information content (AvgIpc) is 2.59. The number of hydrogen-bond donors (Lipinski definition) is 2. The maximum absolute atomic E-state index is 11.2. The molecule has 0 atom stereocenters. The van der Waals surface area contributed by atoms with Gasteiger partial charge in [-0.1, -0.05) is 29.8 Å². The third kappa shape index (κ3) is 4.03. The number of carbonyl (C=O) groups is 1. The van der Waals surface area contributed by atoms with E-state index in [1.807, 2.05) is 38.1 Å². The molecule has 1 aromatic heterocycles. The molecule has 6 nitrogen and oxygen atoms in total. The van der Waals surface area contributed by atoms with E-state index in [0.29, 0.717) is 22.2 Å². The molecule has 0 aliphatic carbocycles. The standard InChI is InChI=1S/C19H19ClN4O2/c1-11(2)23-19-22-9-12-7-14(13-5-3-4-6-15(13)20)17(8-16(12)24-19)26-10-18(21)25/h3-9,11H,10H2,1-2H3,(H2,21,25)(H,22,23,24). The van der Waals surface area contributed by atoms with Crippen molar-refractivity contribution in [1.82, 2.24) is 9.97 Å². The molecule has 0 saturated carbocycles. The number of nitrogens with one attached hydrogen (secondary N) is 1. The van der Waals surface area contributed by atoms with Gasteiger partial charge >= 0.3 is 0 Å². The van der Waals surface area contributed by atoms with Crippen molar-refractivity contribution in [3.05, 3.63) is 47.6 Å². The van der Waals surface area contributed by atoms with Crippen molar-refractivity contribution in [2.75, 3.05) is 11.9 Å². The molecular formula is C19H19ClN4O2. The highest BCUT2D eigenvalue weighted by Gasteiger charge is 2.14. The van der Waals surface area contributed by atoms with Crippen LogP contribution in [0.1, 0.15) is 13.8 Å². The van der Waals surface area contributed by atoms with Gasteiger partial charge in [-0.25, -0.2) is 9.97 Å². The maximum atomic E-state index is 11.2. The van der Waals surface area contributed by atoms with Crippen molar-refractivity contribution < 1.29 is 9.53 Å². The molecule has 0 bridgehead atoms. The summed E-state index contributed by atoms with van der Waals surface area (Å²) in [6.45, 7) is 3.79. The zero-order valence-corrected chi connectivity index (χ0v) is 15.2. The fourth-order valence-electron chi connectivity index (χ4n) is 2.55. The molecule has 1 heterocycles. The molecule has 0 radical (unpaired) electrons. The zero-order chi connectivity index (χ0) is 18.7. The smallest absolute Gasteiger partial charge is 0.255 e. The van der Waals surface area contributed by atoms with Crippen LogP contribution in [0.25, 0.3) is 22.0 Å². The van der Waals surface area contributed by atoms with Crippen molar-refractivity contribution >= 4 is 34.4 Å². The maximum Gasteiger partial charge on any atom is 0.255 e. The van der Waals surface area contributed by atoms with Crippen LogP contribution in [-0.2, 0) is 4.79 Å². The SMILES string of the molecule is CC(C)Nc1ncc2cc(-c3ccccc3Cl)c(OCC(N)=O)cc2n1. The first-order valence-electron chi connectivity index (χ1n) is 8.17. The lowest BCUT2D eigenvalue weighted by Crippen LogP contribution is -2.20. The van der Waals surface area contributed by atoms with Crippen LogP contribution in [0.5, 0.6) is 5.75 Å². The van der Waals surface area contributed by atoms with E-state index in [4.69, 9.17) is 22.1 Å². The van der Waals surface area contributed by atoms with Crippen LogP contribution >= 0.6 is 11.6 Å². The Morgan fingerprint density at radius 1 is 1.27 bits per heavy atom. The number of amides is 1. The highest BCUT2D eigenvalue weighted by molar-refractivity contribution is 6.33. The Balaban J connectivity index is 2.13. The topological polar surface area (TPSA) is 90.1 Å². The van der Waals surface area contributed by atoms with E-state index in [9.17, 15) is 4.79 Å². The summed E-state index contributed by atoms with van der Waals surface area (Å²) in [5.41, 5.74) is 7.46. The lowest BCUT2D eigenvalue weighted by molar-refractivity contribution is -0.119. The van der Waals surface area contributed by atoms with Gasteiger partial charge in [0.2, 0.25) is 5.95 Å². The summed E-state index contributed by atoms with van der Waals surface area (Å²) in [5.74, 6) is 0.456. The van der Waals surface area contributed by atoms with Gasteiger partial charge in [0.1, 0.15) is 5.75 Å². The highest BCUT2D eigenvalue weighted by Crippen LogP contribution is 2.37. The Bertz CT molecular complexity index is 959. The van der Waals surface area contributed by atoms with Crippen LogP contribution in [0.2, 0.25) is 5.02 Å². The minimum Gasteiger partial charge on any atom is -0.483 e. The first-order chi connectivity index (χ1) is 12.4. The van der Waals surface area contributed by atoms with E-state index >= 15 is 0 Å². The molecule has 3 N–H and O–H groups in total. The van der Waals surface area contributed by atoms with Crippen molar-refractivity contribution in [3.63, 3.8) is 0 Å². The van der Waals surface area contributed by atoms with Crippen molar-refractivity contribution in [2.24, 2.45) is 5.73 Å². The minimum absolute atomic E-state index is 0.209. The van der Waals surface area contributed by atoms with Gasteiger partial charge < -0.3 is 15.8 Å². The first kappa shape index (κ1) is 17.9. The summed E-state index contributed by atoms with van der Waals surface area (Å²) in [6, 6.07) is 11.3. The molecule has 0 saturated heterocycles. The van der Waals surface area contributed by atoms with E-state index in [-0.39, 0.29) is 12.6 Å². The van der Waals surface area contributed by atoms with Crippen LogP contribution in [-0.4, -0.2) is 28.5 Å². The number of benzene rings is 2. The molecule has 3 aromatic rings. The summed E-state index contributed by atoms with van der Waals surface area (Å²) in [7, 11) is 0. The Hall–Kier alpha value is -2.86. The zero-order valence-electron chi connectivity index (χ0n) is 14.5. The van der Waals surface area contributed by atoms with E-state index in [1.54, 1.807) is 18.3 Å². The van der Waals surface area contributed by atoms with Crippen LogP contribution in [0.3, 0.4) is 0 Å². The third-order valence-electron chi connectivity index (χ3n) is 3.63. The number of aromatic nitrogens is 2. The molecule has 0 unspecified atom stereocenters. The second-order valence-corrected chi connectivity index (χ2v) is 6.54. The predicted molar refractivity (Wildman–Crippen MR) is 103 cm³/mol. The Morgan fingerprint density at radius 2 is 2.04 bits per heavy atom. The number of primary amides is 1. The number of nitrogens with two attached hydrogens (primary N) is 1. The monoisotopic (exact) mass is 370 g/mol. The van der Waals surface area contributed by atoms with Gasteiger partial charge in [-0.05, 0) is 26.0 Å². The van der Waals surface area contributed by atoms with Crippen molar-refractivity contribution in [3.8, 4) is 16.9 Å². The summed E-state index contributed by atoms with van der Waals surface area (Å²) in [5, 5.41) is 4.58. The fraction of sp³-hybridized carbons (Fsp3) is 0.211. The van der Waals surface area contributed by atoms with Gasteiger partial charge in [0.25, 0.3) is 5.91 Å². The number of nitrogens with zero attached hydrogens (tertiary/aromatic N) is 2. The summed E-state index contributed by atoms with van der Waals surface area (Å²) < 4.78 is 5.62. The number of ether oxygens (including phenoxy) is 1. The minimum atomic E-state index is -0.556. The molecule has 0 aliphatic heterocycles. The van der Waals surface area contributed by atoms with Gasteiger partial charge in [0, 0.05) is 39.8 Å². The Labute approximate surface area is 156 Å². The van der Waals surface area contributed by atoms with Gasteiger partial charge in [0.15, 0.2) is 6.61 Å². The molecule has 134 valence electrons. The predicted octanol–water partition coefficient (Wildman–Crippen LogP) is 3.63. The van der Waals surface area contributed by atoms with Crippen molar-refractivity contribution in [2.45, 2.75) is 19.9 Å². The van der Waals surface area contributed by atoms with Crippen LogP contribution < -0.4 is 15.8 Å². The number of anilines is 1. The molecule has 26 heavy (non-hydrogen) atoms. The molecule has 7 heteroatoms. The molecule has 3 rings (SSSR count). The summed E-state index contributed by atoms with van der Waals surface area (Å²) >= 11 is 6.34. The number of rotatable bonds is 6. The van der Waals surface area contributed by atoms with E-state index in [1.165, 1.54) is 0 Å². The number of halogens is 1. The van der Waals surface area contributed by atoms with Gasteiger partial charge in [-0.15, -0.1) is 0 Å². The Kier molecular flexibility index (Phi) is 5.23. The molecular weight excluding hydrogens is 352 g/mol. The molecule has 0 spiro atoms. The van der Waals surface area contributed by atoms with E-state index < -0.39 is 5.91 Å². The van der Waals surface area contributed by atoms with Crippen LogP contribution in [0.4, 0.5) is 5.95 Å². The van der Waals surface area contributed by atoms with Gasteiger partial charge in [0.05, 0.1) is 5.52 Å². The van der Waals surface area contributed by atoms with Crippen LogP contribution in [0.15, 0.2) is 42.6 Å². The highest BCUT2D eigenvalue weighted by atomic mass is 35.5. The summed E-state index contributed by atoms with van der Waals surface area (Å²) in [4.78, 5) is 20.0. The largest absolute Gasteiger partial charge is 0.483 e. The first-order valence-corrected chi connectivity index (χ1v) is 8.55. The number of carbonyl (C=O) groups excluding carboxylic acids is 1. The number of fused-ring (bicyclic) bond motifs is 1. The molecule has 0 aliphatic rings. The third-order valence-corrected chi connectivity index (χ3v) is 3.96. The Morgan fingerprint density at radius 3 is 2.73 bits per heavy atom. The second-order valence-electron chi connectivity index (χ2n) is 6.13. The average molecular weight is 371 g/mol. The molecule has 1 amide bonds. The molecule has 2 aromatic carbocycles. The fourth-order valence-corrected chi connectivity index (χ4v) is 2.78. The lowest BCUT2D eigenvalue weighted by atomic mass is 10.0. The second kappa shape index (κ2) is 7.58. The van der Waals surface area contributed by atoms with E-state index in [2.05, 4.69) is 15.3 Å². The molecule has 0 fully saturated rings. The summed E-state index contributed by atoms with van der Waals surface area (Å²) in [6.07, 6.45) is 1.74.